The number of nitrogens with zero attached hydrogens (tertiary/aromatic N) is 1. The fourth-order valence-electron chi connectivity index (χ4n) is 7.16. The highest BCUT2D eigenvalue weighted by atomic mass is 16.5. The van der Waals surface area contributed by atoms with Gasteiger partial charge in [-0.15, -0.1) is 0 Å². The number of ketones is 1. The van der Waals surface area contributed by atoms with Gasteiger partial charge in [0.05, 0.1) is 6.10 Å². The molecule has 3 heteroatoms. The zero-order valence-corrected chi connectivity index (χ0v) is 18.1. The van der Waals surface area contributed by atoms with Crippen LogP contribution in [0.15, 0.2) is 11.8 Å². The molecule has 0 aromatic rings. The van der Waals surface area contributed by atoms with Gasteiger partial charge in [0.15, 0.2) is 5.78 Å². The number of ether oxygens (including phenoxy) is 1. The highest BCUT2D eigenvalue weighted by Crippen LogP contribution is 2.64. The lowest BCUT2D eigenvalue weighted by Gasteiger charge is -2.59. The Morgan fingerprint density at radius 3 is 2.78 bits per heavy atom. The average molecular weight is 374 g/mol. The molecule has 0 N–H and O–H groups in total. The van der Waals surface area contributed by atoms with Gasteiger partial charge in [-0.25, -0.2) is 0 Å². The minimum absolute atomic E-state index is 0.198. The summed E-state index contributed by atoms with van der Waals surface area (Å²) in [6.07, 6.45) is 10.5. The van der Waals surface area contributed by atoms with E-state index in [1.165, 1.54) is 37.8 Å². The van der Waals surface area contributed by atoms with E-state index in [0.29, 0.717) is 17.3 Å². The number of rotatable bonds is 4. The summed E-state index contributed by atoms with van der Waals surface area (Å²) in [7, 11) is 2.22. The second kappa shape index (κ2) is 6.90. The van der Waals surface area contributed by atoms with E-state index >= 15 is 0 Å². The van der Waals surface area contributed by atoms with Crippen LogP contribution < -0.4 is 0 Å². The summed E-state index contributed by atoms with van der Waals surface area (Å²) in [6, 6.07) is 0. The van der Waals surface area contributed by atoms with E-state index in [9.17, 15) is 4.79 Å². The zero-order chi connectivity index (χ0) is 19.4. The Hall–Kier alpha value is -0.830. The molecule has 0 aromatic carbocycles. The van der Waals surface area contributed by atoms with Crippen molar-refractivity contribution in [1.29, 1.82) is 0 Å². The van der Waals surface area contributed by atoms with E-state index < -0.39 is 0 Å². The Balaban J connectivity index is 1.53. The van der Waals surface area contributed by atoms with Crippen molar-refractivity contribution in [2.45, 2.75) is 78.7 Å². The number of likely N-dealkylation sites (tertiary alicyclic amines) is 1. The first-order valence-electron chi connectivity index (χ1n) is 11.3. The molecule has 27 heavy (non-hydrogen) atoms. The minimum Gasteiger partial charge on any atom is -0.378 e. The largest absolute Gasteiger partial charge is 0.378 e. The van der Waals surface area contributed by atoms with Crippen molar-refractivity contribution in [3.8, 4) is 0 Å². The fourth-order valence-corrected chi connectivity index (χ4v) is 7.16. The summed E-state index contributed by atoms with van der Waals surface area (Å²) in [6.45, 7) is 11.6. The summed E-state index contributed by atoms with van der Waals surface area (Å²) in [4.78, 5) is 14.5. The number of hydrogen-bond acceptors (Lipinski definition) is 3. The molecule has 1 unspecified atom stereocenters. The number of carbonyl (C=O) groups is 1. The van der Waals surface area contributed by atoms with Crippen LogP contribution in [0.2, 0.25) is 0 Å². The maximum Gasteiger partial charge on any atom is 0.157 e. The molecule has 3 aliphatic carbocycles. The summed E-state index contributed by atoms with van der Waals surface area (Å²) in [5, 5.41) is 0. The third kappa shape index (κ3) is 3.28. The molecule has 1 saturated heterocycles. The van der Waals surface area contributed by atoms with Crippen LogP contribution in [0.3, 0.4) is 0 Å². The highest BCUT2D eigenvalue weighted by molar-refractivity contribution is 5.91. The smallest absolute Gasteiger partial charge is 0.157 e. The van der Waals surface area contributed by atoms with E-state index in [2.05, 4.69) is 39.6 Å². The molecule has 4 rings (SSSR count). The van der Waals surface area contributed by atoms with Gasteiger partial charge in [-0.2, -0.15) is 0 Å². The van der Waals surface area contributed by atoms with Gasteiger partial charge in [0.25, 0.3) is 0 Å². The summed E-state index contributed by atoms with van der Waals surface area (Å²) in [5.74, 6) is 3.31. The average Bonchev–Trinajstić information content (AvgIpc) is 2.93. The van der Waals surface area contributed by atoms with E-state index in [0.717, 1.165) is 49.7 Å². The molecule has 4 aliphatic rings. The Bertz CT molecular complexity index is 626. The fraction of sp³-hybridized carbons (Fsp3) is 0.875. The Kier molecular flexibility index (Phi) is 4.98. The zero-order valence-electron chi connectivity index (χ0n) is 18.1. The van der Waals surface area contributed by atoms with Gasteiger partial charge in [-0.05, 0) is 67.6 Å². The first kappa shape index (κ1) is 19.5. The molecule has 1 aliphatic heterocycles. The van der Waals surface area contributed by atoms with Crippen LogP contribution in [0.25, 0.3) is 0 Å². The molecule has 0 amide bonds. The Morgan fingerprint density at radius 1 is 1.26 bits per heavy atom. The number of fused-ring (bicyclic) bond motifs is 5. The van der Waals surface area contributed by atoms with E-state index in [1.807, 2.05) is 6.08 Å². The number of piperidine rings is 1. The number of hydrogen-bond donors (Lipinski definition) is 0. The second-order valence-corrected chi connectivity index (χ2v) is 11.0. The maximum atomic E-state index is 12.1. The highest BCUT2D eigenvalue weighted by Gasteiger charge is 2.59. The van der Waals surface area contributed by atoms with Crippen LogP contribution in [0.5, 0.6) is 0 Å². The summed E-state index contributed by atoms with van der Waals surface area (Å²) in [5.41, 5.74) is 1.97. The molecule has 6 atom stereocenters. The molecule has 2 saturated carbocycles. The standard InChI is InChI=1S/C24H39NO2/c1-16(2)8-11-27-18-13-21-19-15-25(5)22-12-17(26)6-10-24(22,4)20(19)7-9-23(21,3)14-18/h12,16,18-21H,6-11,13-15H2,1-5H3/t18?,19-,20-,21+,23-,24-/m1/s1. The van der Waals surface area contributed by atoms with Crippen molar-refractivity contribution in [1.82, 2.24) is 4.90 Å². The third-order valence-corrected chi connectivity index (χ3v) is 8.70. The molecule has 3 fully saturated rings. The summed E-state index contributed by atoms with van der Waals surface area (Å²) < 4.78 is 6.35. The van der Waals surface area contributed by atoms with Crippen molar-refractivity contribution in [2.75, 3.05) is 20.2 Å². The molecule has 0 spiro atoms. The summed E-state index contributed by atoms with van der Waals surface area (Å²) >= 11 is 0. The van der Waals surface area contributed by atoms with Gasteiger partial charge in [-0.3, -0.25) is 4.79 Å². The van der Waals surface area contributed by atoms with E-state index in [-0.39, 0.29) is 5.41 Å². The quantitative estimate of drug-likeness (QED) is 0.690. The molecular formula is C24H39NO2. The van der Waals surface area contributed by atoms with Crippen LogP contribution in [-0.2, 0) is 9.53 Å². The van der Waals surface area contributed by atoms with E-state index in [1.54, 1.807) is 0 Å². The number of allylic oxidation sites excluding steroid dienone is 2. The molecule has 1 heterocycles. The normalized spacial score (nSPS) is 44.0. The van der Waals surface area contributed by atoms with Crippen molar-refractivity contribution >= 4 is 5.78 Å². The van der Waals surface area contributed by atoms with Gasteiger partial charge < -0.3 is 9.64 Å². The lowest BCUT2D eigenvalue weighted by molar-refractivity contribution is -0.118. The van der Waals surface area contributed by atoms with Gasteiger partial charge in [-0.1, -0.05) is 27.7 Å². The number of carbonyl (C=O) groups excluding carboxylic acids is 1. The topological polar surface area (TPSA) is 29.5 Å². The van der Waals surface area contributed by atoms with Crippen molar-refractivity contribution in [3.05, 3.63) is 11.8 Å². The van der Waals surface area contributed by atoms with Crippen molar-refractivity contribution in [3.63, 3.8) is 0 Å². The SMILES string of the molecule is CC(C)CCOC1C[C@H]2[C@@H]3CN(C)C4=CC(=O)CC[C@]4(C)[C@@H]3CC[C@]2(C)C1. The molecular weight excluding hydrogens is 334 g/mol. The molecule has 152 valence electrons. The predicted molar refractivity (Wildman–Crippen MR) is 109 cm³/mol. The first-order valence-corrected chi connectivity index (χ1v) is 11.3. The molecule has 0 radical (unpaired) electrons. The monoisotopic (exact) mass is 373 g/mol. The van der Waals surface area contributed by atoms with Crippen LogP contribution >= 0.6 is 0 Å². The van der Waals surface area contributed by atoms with Crippen LogP contribution in [-0.4, -0.2) is 37.0 Å². The van der Waals surface area contributed by atoms with Crippen LogP contribution in [0, 0.1) is 34.5 Å². The molecule has 0 bridgehead atoms. The molecule has 0 aromatic heterocycles. The molecule has 3 nitrogen and oxygen atoms in total. The van der Waals surface area contributed by atoms with E-state index in [4.69, 9.17) is 4.74 Å². The van der Waals surface area contributed by atoms with Crippen molar-refractivity contribution < 1.29 is 9.53 Å². The van der Waals surface area contributed by atoms with Gasteiger partial charge in [0.2, 0.25) is 0 Å². The second-order valence-electron chi connectivity index (χ2n) is 11.0. The Labute approximate surface area is 165 Å². The van der Waals surface area contributed by atoms with Crippen LogP contribution in [0.1, 0.15) is 72.6 Å². The van der Waals surface area contributed by atoms with Gasteiger partial charge in [0.1, 0.15) is 0 Å². The Morgan fingerprint density at radius 2 is 2.04 bits per heavy atom. The van der Waals surface area contributed by atoms with Crippen LogP contribution in [0.4, 0.5) is 0 Å². The lowest BCUT2D eigenvalue weighted by atomic mass is 9.50. The maximum absolute atomic E-state index is 12.1. The first-order chi connectivity index (χ1) is 12.7. The van der Waals surface area contributed by atoms with Gasteiger partial charge in [0, 0.05) is 43.8 Å². The minimum atomic E-state index is 0.198. The lowest BCUT2D eigenvalue weighted by Crippen LogP contribution is -2.56. The predicted octanol–water partition coefficient (Wildman–Crippen LogP) is 5.06. The van der Waals surface area contributed by atoms with Crippen molar-refractivity contribution in [2.24, 2.45) is 34.5 Å². The van der Waals surface area contributed by atoms with Gasteiger partial charge >= 0.3 is 0 Å². The third-order valence-electron chi connectivity index (χ3n) is 8.70.